The van der Waals surface area contributed by atoms with Crippen LogP contribution in [0.3, 0.4) is 0 Å². The van der Waals surface area contributed by atoms with Crippen molar-refractivity contribution < 1.29 is 9.53 Å². The van der Waals surface area contributed by atoms with Gasteiger partial charge in [0, 0.05) is 29.9 Å². The van der Waals surface area contributed by atoms with Crippen LogP contribution in [0.1, 0.15) is 28.5 Å². The number of carbonyl (C=O) groups excluding carboxylic acids is 1. The third-order valence-electron chi connectivity index (χ3n) is 4.40. The summed E-state index contributed by atoms with van der Waals surface area (Å²) < 4.78 is 6.84. The van der Waals surface area contributed by atoms with Crippen LogP contribution in [0.25, 0.3) is 5.65 Å². The molecule has 1 aromatic carbocycles. The van der Waals surface area contributed by atoms with Crippen molar-refractivity contribution in [3.63, 3.8) is 0 Å². The number of hydrogen-bond acceptors (Lipinski definition) is 4. The molecule has 0 radical (unpaired) electrons. The van der Waals surface area contributed by atoms with Gasteiger partial charge in [-0.3, -0.25) is 14.7 Å². The number of benzene rings is 1. The fraction of sp³-hybridized carbons (Fsp3) is 0.278. The molecule has 0 bridgehead atoms. The third kappa shape index (κ3) is 2.67. The maximum Gasteiger partial charge on any atom is 0.276 e. The second kappa shape index (κ2) is 6.08. The molecule has 0 aliphatic carbocycles. The minimum atomic E-state index is -0.0850. The number of carbonyl (C=O) groups is 1. The molecule has 3 heterocycles. The maximum atomic E-state index is 12.7. The maximum absolute atomic E-state index is 12.7. The van der Waals surface area contributed by atoms with Crippen molar-refractivity contribution >= 4 is 11.6 Å². The van der Waals surface area contributed by atoms with E-state index in [-0.39, 0.29) is 11.5 Å². The highest BCUT2D eigenvalue weighted by Crippen LogP contribution is 2.19. The summed E-state index contributed by atoms with van der Waals surface area (Å²) in [6.45, 7) is 3.35. The first kappa shape index (κ1) is 15.4. The third-order valence-corrected chi connectivity index (χ3v) is 4.40. The van der Waals surface area contributed by atoms with E-state index < -0.39 is 0 Å². The number of nitrogens with one attached hydrogen (secondary N) is 1. The fourth-order valence-corrected chi connectivity index (χ4v) is 3.15. The van der Waals surface area contributed by atoms with Crippen molar-refractivity contribution in [3.8, 4) is 5.75 Å². The van der Waals surface area contributed by atoms with E-state index in [4.69, 9.17) is 4.74 Å². The number of H-pyrrole nitrogens is 1. The van der Waals surface area contributed by atoms with Crippen molar-refractivity contribution in [2.75, 3.05) is 13.2 Å². The summed E-state index contributed by atoms with van der Waals surface area (Å²) in [6.07, 6.45) is 2.18. The molecule has 1 amide bonds. The zero-order chi connectivity index (χ0) is 17.4. The Morgan fingerprint density at radius 1 is 1.28 bits per heavy atom. The molecule has 0 saturated carbocycles. The molecule has 1 aliphatic rings. The number of aromatic nitrogens is 3. The predicted octanol–water partition coefficient (Wildman–Crippen LogP) is 1.62. The Labute approximate surface area is 143 Å². The van der Waals surface area contributed by atoms with Crippen LogP contribution in [0.15, 0.2) is 41.3 Å². The SMILES string of the molecule is CCOc1ccc(C(=O)N2CCc3c(nc4cc[nH]n4c3=O)C2)cc1. The van der Waals surface area contributed by atoms with Crippen LogP contribution in [0.4, 0.5) is 0 Å². The molecule has 1 aliphatic heterocycles. The van der Waals surface area contributed by atoms with Gasteiger partial charge in [0.25, 0.3) is 11.5 Å². The van der Waals surface area contributed by atoms with E-state index in [1.54, 1.807) is 41.4 Å². The van der Waals surface area contributed by atoms with Crippen LogP contribution in [-0.2, 0) is 13.0 Å². The van der Waals surface area contributed by atoms with Crippen LogP contribution in [0.5, 0.6) is 5.75 Å². The topological polar surface area (TPSA) is 79.7 Å². The molecular formula is C18H18N4O3. The number of fused-ring (bicyclic) bond motifs is 2. The average molecular weight is 338 g/mol. The molecule has 128 valence electrons. The Morgan fingerprint density at radius 3 is 2.84 bits per heavy atom. The first-order valence-electron chi connectivity index (χ1n) is 8.27. The summed E-state index contributed by atoms with van der Waals surface area (Å²) in [5.74, 6) is 0.678. The second-order valence-electron chi connectivity index (χ2n) is 5.93. The van der Waals surface area contributed by atoms with Crippen LogP contribution < -0.4 is 10.3 Å². The van der Waals surface area contributed by atoms with Crippen molar-refractivity contribution in [3.05, 3.63) is 63.7 Å². The molecule has 4 rings (SSSR count). The molecule has 25 heavy (non-hydrogen) atoms. The largest absolute Gasteiger partial charge is 0.494 e. The molecule has 3 aromatic rings. The Bertz CT molecular complexity index is 988. The van der Waals surface area contributed by atoms with Crippen LogP contribution in [0, 0.1) is 0 Å². The smallest absolute Gasteiger partial charge is 0.276 e. The summed E-state index contributed by atoms with van der Waals surface area (Å²) in [5.41, 5.74) is 2.44. The molecule has 0 unspecified atom stereocenters. The molecule has 2 aromatic heterocycles. The minimum absolute atomic E-state index is 0.0650. The summed E-state index contributed by atoms with van der Waals surface area (Å²) in [4.78, 5) is 31.4. The quantitative estimate of drug-likeness (QED) is 0.787. The van der Waals surface area contributed by atoms with Gasteiger partial charge in [-0.25, -0.2) is 9.50 Å². The van der Waals surface area contributed by atoms with Gasteiger partial charge in [0.1, 0.15) is 5.75 Å². The number of rotatable bonds is 3. The van der Waals surface area contributed by atoms with Gasteiger partial charge < -0.3 is 9.64 Å². The van der Waals surface area contributed by atoms with Gasteiger partial charge in [0.2, 0.25) is 0 Å². The Kier molecular flexibility index (Phi) is 3.76. The van der Waals surface area contributed by atoms with E-state index >= 15 is 0 Å². The molecule has 1 N–H and O–H groups in total. The number of aromatic amines is 1. The summed E-state index contributed by atoms with van der Waals surface area (Å²) in [5, 5.41) is 2.86. The molecule has 0 atom stereocenters. The first-order chi connectivity index (χ1) is 12.2. The molecular weight excluding hydrogens is 320 g/mol. The van der Waals surface area contributed by atoms with Gasteiger partial charge in [-0.05, 0) is 37.6 Å². The monoisotopic (exact) mass is 338 g/mol. The highest BCUT2D eigenvalue weighted by molar-refractivity contribution is 5.94. The van der Waals surface area contributed by atoms with Crippen LogP contribution in [0.2, 0.25) is 0 Å². The minimum Gasteiger partial charge on any atom is -0.494 e. The summed E-state index contributed by atoms with van der Waals surface area (Å²) in [7, 11) is 0. The lowest BCUT2D eigenvalue weighted by molar-refractivity contribution is 0.0731. The van der Waals surface area contributed by atoms with E-state index in [9.17, 15) is 9.59 Å². The summed E-state index contributed by atoms with van der Waals surface area (Å²) >= 11 is 0. The number of nitrogens with zero attached hydrogens (tertiary/aromatic N) is 3. The van der Waals surface area contributed by atoms with Crippen molar-refractivity contribution in [1.29, 1.82) is 0 Å². The van der Waals surface area contributed by atoms with Gasteiger partial charge in [-0.1, -0.05) is 0 Å². The fourth-order valence-electron chi connectivity index (χ4n) is 3.15. The average Bonchev–Trinajstić information content (AvgIpc) is 3.10. The molecule has 0 saturated heterocycles. The van der Waals surface area contributed by atoms with Crippen molar-refractivity contribution in [1.82, 2.24) is 19.5 Å². The lowest BCUT2D eigenvalue weighted by Gasteiger charge is -2.27. The molecule has 7 heteroatoms. The van der Waals surface area contributed by atoms with Gasteiger partial charge in [0.15, 0.2) is 5.65 Å². The first-order valence-corrected chi connectivity index (χ1v) is 8.27. The lowest BCUT2D eigenvalue weighted by atomic mass is 10.1. The van der Waals surface area contributed by atoms with E-state index in [1.165, 1.54) is 4.52 Å². The normalized spacial score (nSPS) is 13.7. The van der Waals surface area contributed by atoms with E-state index in [2.05, 4.69) is 10.1 Å². The van der Waals surface area contributed by atoms with Gasteiger partial charge >= 0.3 is 0 Å². The number of hydrogen-bond donors (Lipinski definition) is 1. The Balaban J connectivity index is 1.60. The molecule has 7 nitrogen and oxygen atoms in total. The van der Waals surface area contributed by atoms with Gasteiger partial charge in [0.05, 0.1) is 18.8 Å². The molecule has 0 fully saturated rings. The Hall–Kier alpha value is -3.09. The van der Waals surface area contributed by atoms with Gasteiger partial charge in [-0.15, -0.1) is 0 Å². The zero-order valence-electron chi connectivity index (χ0n) is 13.9. The lowest BCUT2D eigenvalue weighted by Crippen LogP contribution is -2.39. The highest BCUT2D eigenvalue weighted by Gasteiger charge is 2.25. The number of ether oxygens (including phenoxy) is 1. The van der Waals surface area contributed by atoms with E-state index in [0.29, 0.717) is 48.6 Å². The van der Waals surface area contributed by atoms with E-state index in [1.807, 2.05) is 6.92 Å². The second-order valence-corrected chi connectivity index (χ2v) is 5.93. The standard InChI is InChI=1S/C18H18N4O3/c1-2-25-13-5-3-12(4-6-13)17(23)21-10-8-14-15(11-21)20-16-7-9-19-22(16)18(14)24/h3-7,9,19H,2,8,10-11H2,1H3. The Morgan fingerprint density at radius 2 is 2.08 bits per heavy atom. The predicted molar refractivity (Wildman–Crippen MR) is 91.9 cm³/mol. The zero-order valence-corrected chi connectivity index (χ0v) is 13.9. The van der Waals surface area contributed by atoms with E-state index in [0.717, 1.165) is 5.75 Å². The van der Waals surface area contributed by atoms with Crippen molar-refractivity contribution in [2.45, 2.75) is 19.9 Å². The number of amides is 1. The molecule has 0 spiro atoms. The van der Waals surface area contributed by atoms with Gasteiger partial charge in [-0.2, -0.15) is 0 Å². The summed E-state index contributed by atoms with van der Waals surface area (Å²) in [6, 6.07) is 8.86. The van der Waals surface area contributed by atoms with Crippen molar-refractivity contribution in [2.24, 2.45) is 0 Å². The highest BCUT2D eigenvalue weighted by atomic mass is 16.5. The van der Waals surface area contributed by atoms with Crippen LogP contribution in [-0.4, -0.2) is 38.6 Å². The van der Waals surface area contributed by atoms with Crippen LogP contribution >= 0.6 is 0 Å².